The molecule has 0 fully saturated rings. The maximum absolute atomic E-state index is 14.3. The van der Waals surface area contributed by atoms with Crippen molar-refractivity contribution in [3.05, 3.63) is 29.3 Å². The van der Waals surface area contributed by atoms with E-state index in [2.05, 4.69) is 16.9 Å². The minimum absolute atomic E-state index is 0.0228. The van der Waals surface area contributed by atoms with E-state index in [1.165, 1.54) is 0 Å². The highest BCUT2D eigenvalue weighted by Gasteiger charge is 2.21. The molecule has 1 aromatic carbocycles. The molecule has 4 N–H and O–H groups in total. The predicted molar refractivity (Wildman–Crippen MR) is 90.6 cm³/mol. The van der Waals surface area contributed by atoms with E-state index in [0.717, 1.165) is 31.7 Å². The number of benzene rings is 1. The third-order valence-electron chi connectivity index (χ3n) is 3.57. The Labute approximate surface area is 144 Å². The molecular weight excluding hydrogens is 328 g/mol. The van der Waals surface area contributed by atoms with Gasteiger partial charge in [0.15, 0.2) is 11.6 Å². The highest BCUT2D eigenvalue weighted by atomic mass is 19.1. The van der Waals surface area contributed by atoms with E-state index in [1.54, 1.807) is 0 Å². The number of hydrogen-bond donors (Lipinski definition) is 2. The molecule has 0 radical (unpaired) electrons. The maximum atomic E-state index is 14.3. The summed E-state index contributed by atoms with van der Waals surface area (Å²) in [5, 5.41) is 9.28. The predicted octanol–water partition coefficient (Wildman–Crippen LogP) is 3.42. The zero-order valence-corrected chi connectivity index (χ0v) is 13.9. The molecule has 8 heteroatoms. The first-order valence-corrected chi connectivity index (χ1v) is 7.93. The number of nitrogen functional groups attached to an aromatic ring is 2. The van der Waals surface area contributed by atoms with Crippen LogP contribution in [0.25, 0.3) is 11.3 Å². The van der Waals surface area contributed by atoms with Crippen LogP contribution in [0.15, 0.2) is 12.1 Å². The maximum Gasteiger partial charge on any atom is 0.222 e. The van der Waals surface area contributed by atoms with Crippen molar-refractivity contribution in [2.45, 2.75) is 32.6 Å². The van der Waals surface area contributed by atoms with Crippen LogP contribution in [0.2, 0.25) is 0 Å². The molecule has 6 nitrogen and oxygen atoms in total. The highest BCUT2D eigenvalue weighted by molar-refractivity contribution is 5.77. The van der Waals surface area contributed by atoms with Crippen molar-refractivity contribution in [2.75, 3.05) is 18.1 Å². The number of halogens is 2. The first kappa shape index (κ1) is 18.4. The average Bonchev–Trinajstić information content (AvgIpc) is 2.55. The van der Waals surface area contributed by atoms with Crippen LogP contribution in [0.1, 0.15) is 38.2 Å². The summed E-state index contributed by atoms with van der Waals surface area (Å²) in [6.45, 7) is 2.33. The summed E-state index contributed by atoms with van der Waals surface area (Å²) in [4.78, 5) is 7.62. The Bertz CT molecular complexity index is 805. The second kappa shape index (κ2) is 8.24. The molecule has 0 saturated heterocycles. The summed E-state index contributed by atoms with van der Waals surface area (Å²) in [7, 11) is 0. The number of rotatable bonds is 7. The van der Waals surface area contributed by atoms with Gasteiger partial charge in [0.25, 0.3) is 0 Å². The van der Waals surface area contributed by atoms with Gasteiger partial charge in [-0.1, -0.05) is 26.2 Å². The molecule has 1 heterocycles. The van der Waals surface area contributed by atoms with Gasteiger partial charge in [-0.25, -0.2) is 13.8 Å². The first-order chi connectivity index (χ1) is 12.0. The quantitative estimate of drug-likeness (QED) is 0.742. The Morgan fingerprint density at radius 3 is 2.60 bits per heavy atom. The molecule has 0 aliphatic heterocycles. The minimum Gasteiger partial charge on any atom is -0.490 e. The van der Waals surface area contributed by atoms with Crippen molar-refractivity contribution in [1.29, 1.82) is 5.26 Å². The summed E-state index contributed by atoms with van der Waals surface area (Å²) in [6, 6.07) is 3.58. The van der Waals surface area contributed by atoms with Gasteiger partial charge in [-0.3, -0.25) is 0 Å². The van der Waals surface area contributed by atoms with Gasteiger partial charge in [0.05, 0.1) is 12.3 Å². The standard InChI is InChI=1S/C17H19F2N5O/c1-2-3-4-5-6-25-15-11(7-10(18)8-13(15)19)14-12(9-20)16(21)24-17(22)23-14/h7-8H,2-6H2,1H3,(H4,21,22,23,24). The van der Waals surface area contributed by atoms with E-state index >= 15 is 0 Å². The molecule has 0 spiro atoms. The topological polar surface area (TPSA) is 111 Å². The number of aromatic nitrogens is 2. The van der Waals surface area contributed by atoms with Crippen molar-refractivity contribution in [1.82, 2.24) is 9.97 Å². The number of nitrogens with zero attached hydrogens (tertiary/aromatic N) is 3. The SMILES string of the molecule is CCCCCCOc1c(F)cc(F)cc1-c1nc(N)nc(N)c1C#N. The number of nitriles is 1. The molecule has 0 amide bonds. The number of nitrogens with two attached hydrogens (primary N) is 2. The monoisotopic (exact) mass is 347 g/mol. The van der Waals surface area contributed by atoms with Gasteiger partial charge >= 0.3 is 0 Å². The fourth-order valence-electron chi connectivity index (χ4n) is 2.39. The number of ether oxygens (including phenoxy) is 1. The lowest BCUT2D eigenvalue weighted by molar-refractivity contribution is 0.291. The van der Waals surface area contributed by atoms with Crippen molar-refractivity contribution in [3.63, 3.8) is 0 Å². The Hall–Kier alpha value is -2.95. The average molecular weight is 347 g/mol. The summed E-state index contributed by atoms with van der Waals surface area (Å²) >= 11 is 0. The van der Waals surface area contributed by atoms with E-state index in [-0.39, 0.29) is 40.9 Å². The largest absolute Gasteiger partial charge is 0.490 e. The van der Waals surface area contributed by atoms with Crippen LogP contribution in [0, 0.1) is 23.0 Å². The zero-order chi connectivity index (χ0) is 18.4. The van der Waals surface area contributed by atoms with E-state index < -0.39 is 11.6 Å². The molecule has 2 rings (SSSR count). The molecule has 25 heavy (non-hydrogen) atoms. The number of hydrogen-bond acceptors (Lipinski definition) is 6. The molecular formula is C17H19F2N5O. The molecule has 0 aliphatic rings. The van der Waals surface area contributed by atoms with Crippen LogP contribution in [0.3, 0.4) is 0 Å². The van der Waals surface area contributed by atoms with Crippen LogP contribution in [0.4, 0.5) is 20.5 Å². The van der Waals surface area contributed by atoms with Gasteiger partial charge in [-0.15, -0.1) is 0 Å². The summed E-state index contributed by atoms with van der Waals surface area (Å²) in [6.07, 6.45) is 3.76. The fraction of sp³-hybridized carbons (Fsp3) is 0.353. The van der Waals surface area contributed by atoms with Crippen LogP contribution < -0.4 is 16.2 Å². The lowest BCUT2D eigenvalue weighted by atomic mass is 10.1. The Balaban J connectivity index is 2.46. The summed E-state index contributed by atoms with van der Waals surface area (Å²) in [5.74, 6) is -2.27. The van der Waals surface area contributed by atoms with Crippen molar-refractivity contribution < 1.29 is 13.5 Å². The van der Waals surface area contributed by atoms with Gasteiger partial charge in [-0.2, -0.15) is 10.2 Å². The smallest absolute Gasteiger partial charge is 0.222 e. The second-order valence-electron chi connectivity index (χ2n) is 5.48. The van der Waals surface area contributed by atoms with Crippen molar-refractivity contribution in [3.8, 4) is 23.1 Å². The van der Waals surface area contributed by atoms with E-state index in [0.29, 0.717) is 6.07 Å². The fourth-order valence-corrected chi connectivity index (χ4v) is 2.39. The Morgan fingerprint density at radius 1 is 1.16 bits per heavy atom. The van der Waals surface area contributed by atoms with Crippen LogP contribution in [0.5, 0.6) is 5.75 Å². The zero-order valence-electron chi connectivity index (χ0n) is 13.9. The number of anilines is 2. The minimum atomic E-state index is -0.884. The summed E-state index contributed by atoms with van der Waals surface area (Å²) < 4.78 is 33.5. The third-order valence-corrected chi connectivity index (χ3v) is 3.57. The van der Waals surface area contributed by atoms with Crippen molar-refractivity contribution >= 4 is 11.8 Å². The molecule has 132 valence electrons. The van der Waals surface area contributed by atoms with E-state index in [1.807, 2.05) is 6.07 Å². The number of unbranched alkanes of at least 4 members (excludes halogenated alkanes) is 3. The first-order valence-electron chi connectivity index (χ1n) is 7.93. The Morgan fingerprint density at radius 2 is 1.92 bits per heavy atom. The second-order valence-corrected chi connectivity index (χ2v) is 5.48. The van der Waals surface area contributed by atoms with Crippen LogP contribution in [-0.4, -0.2) is 16.6 Å². The van der Waals surface area contributed by atoms with E-state index in [9.17, 15) is 14.0 Å². The van der Waals surface area contributed by atoms with Gasteiger partial charge < -0.3 is 16.2 Å². The van der Waals surface area contributed by atoms with Crippen molar-refractivity contribution in [2.24, 2.45) is 0 Å². The van der Waals surface area contributed by atoms with Crippen LogP contribution >= 0.6 is 0 Å². The van der Waals surface area contributed by atoms with Gasteiger partial charge in [-0.05, 0) is 12.5 Å². The lowest BCUT2D eigenvalue weighted by Crippen LogP contribution is -2.07. The van der Waals surface area contributed by atoms with Gasteiger partial charge in [0, 0.05) is 11.6 Å². The van der Waals surface area contributed by atoms with Gasteiger partial charge in [0.2, 0.25) is 5.95 Å². The molecule has 0 aliphatic carbocycles. The highest BCUT2D eigenvalue weighted by Crippen LogP contribution is 2.36. The molecule has 0 bridgehead atoms. The lowest BCUT2D eigenvalue weighted by Gasteiger charge is -2.14. The summed E-state index contributed by atoms with van der Waals surface area (Å²) in [5.41, 5.74) is 11.0. The molecule has 1 aromatic heterocycles. The van der Waals surface area contributed by atoms with Gasteiger partial charge in [0.1, 0.15) is 23.3 Å². The molecule has 2 aromatic rings. The van der Waals surface area contributed by atoms with Crippen LogP contribution in [-0.2, 0) is 0 Å². The third kappa shape index (κ3) is 4.32. The molecule has 0 unspecified atom stereocenters. The Kier molecular flexibility index (Phi) is 6.06. The van der Waals surface area contributed by atoms with E-state index in [4.69, 9.17) is 16.2 Å². The normalized spacial score (nSPS) is 10.5. The molecule has 0 atom stereocenters. The molecule has 0 saturated carbocycles.